The molecule has 4 N–H and O–H groups in total. The summed E-state index contributed by atoms with van der Waals surface area (Å²) in [5.41, 5.74) is 11.6. The Balaban J connectivity index is 2.26. The van der Waals surface area contributed by atoms with E-state index in [0.717, 1.165) is 34.3 Å². The highest BCUT2D eigenvalue weighted by atomic mass is 16.5. The summed E-state index contributed by atoms with van der Waals surface area (Å²) in [5, 5.41) is 13.7. The highest BCUT2D eigenvalue weighted by molar-refractivity contribution is 5.88. The maximum atomic E-state index is 11.9. The molecule has 0 spiro atoms. The second kappa shape index (κ2) is 8.98. The monoisotopic (exact) mass is 402 g/mol. The maximum Gasteiger partial charge on any atom is 0.217 e. The second-order valence-corrected chi connectivity index (χ2v) is 7.48. The van der Waals surface area contributed by atoms with Gasteiger partial charge in [-0.15, -0.1) is 0 Å². The summed E-state index contributed by atoms with van der Waals surface area (Å²) in [7, 11) is 4.82. The number of methoxy groups -OCH3 is 3. The third kappa shape index (κ3) is 4.17. The third-order valence-electron chi connectivity index (χ3n) is 5.61. The van der Waals surface area contributed by atoms with Gasteiger partial charge in [-0.1, -0.05) is 6.08 Å². The Hall–Kier alpha value is -2.35. The predicted molar refractivity (Wildman–Crippen MR) is 112 cm³/mol. The van der Waals surface area contributed by atoms with Crippen molar-refractivity contribution in [2.24, 2.45) is 0 Å². The topological polar surface area (TPSA) is 103 Å². The number of rotatable bonds is 5. The van der Waals surface area contributed by atoms with Gasteiger partial charge in [-0.2, -0.15) is 0 Å². The van der Waals surface area contributed by atoms with E-state index in [-0.39, 0.29) is 18.1 Å². The van der Waals surface area contributed by atoms with Gasteiger partial charge in [0, 0.05) is 26.7 Å². The van der Waals surface area contributed by atoms with Crippen LogP contribution in [-0.4, -0.2) is 50.6 Å². The summed E-state index contributed by atoms with van der Waals surface area (Å²) in [4.78, 5) is 11.9. The lowest BCUT2D eigenvalue weighted by Gasteiger charge is -2.23. The number of hydrogen-bond acceptors (Lipinski definition) is 6. The minimum atomic E-state index is -0.775. The standard InChI is InChI=1S/C22H30N2O5/c1-12(25)24-18-7-5-13-9-17(23)22(29-4)16(11-27-2)21(13)14-6-8-20(28-3)19(26)10-15(14)18/h6,9-10,18-20,26H,5,7-8,11,23H2,1-4H3,(H,24,25)/t18-,19?,20?/m0/s1. The van der Waals surface area contributed by atoms with Crippen molar-refractivity contribution in [3.8, 4) is 5.75 Å². The lowest BCUT2D eigenvalue weighted by atomic mass is 9.88. The number of nitrogens with two attached hydrogens (primary N) is 1. The number of ether oxygens (including phenoxy) is 3. The minimum Gasteiger partial charge on any atom is -0.494 e. The zero-order valence-corrected chi connectivity index (χ0v) is 17.5. The van der Waals surface area contributed by atoms with E-state index in [2.05, 4.69) is 11.4 Å². The Morgan fingerprint density at radius 2 is 2.10 bits per heavy atom. The van der Waals surface area contributed by atoms with Gasteiger partial charge in [0.1, 0.15) is 5.75 Å². The normalized spacial score (nSPS) is 23.7. The van der Waals surface area contributed by atoms with E-state index in [1.165, 1.54) is 6.92 Å². The maximum absolute atomic E-state index is 11.9. The Labute approximate surface area is 171 Å². The van der Waals surface area contributed by atoms with Crippen molar-refractivity contribution in [3.05, 3.63) is 40.5 Å². The molecule has 7 heteroatoms. The molecule has 0 aliphatic heterocycles. The number of hydrogen-bond donors (Lipinski definition) is 3. The van der Waals surface area contributed by atoms with E-state index in [9.17, 15) is 9.90 Å². The molecule has 0 fully saturated rings. The Kier molecular flexibility index (Phi) is 6.62. The predicted octanol–water partition coefficient (Wildman–Crippen LogP) is 1.96. The molecule has 0 heterocycles. The first-order valence-electron chi connectivity index (χ1n) is 9.78. The first-order valence-corrected chi connectivity index (χ1v) is 9.78. The molecule has 2 aliphatic rings. The molecule has 0 radical (unpaired) electrons. The van der Waals surface area contributed by atoms with Gasteiger partial charge in [-0.3, -0.25) is 4.79 Å². The molecule has 7 nitrogen and oxygen atoms in total. The molecule has 1 aromatic carbocycles. The van der Waals surface area contributed by atoms with Crippen LogP contribution in [0.4, 0.5) is 5.69 Å². The number of amides is 1. The molecular weight excluding hydrogens is 372 g/mol. The summed E-state index contributed by atoms with van der Waals surface area (Å²) >= 11 is 0. The summed E-state index contributed by atoms with van der Waals surface area (Å²) in [5.74, 6) is 0.481. The molecule has 0 aromatic heterocycles. The summed E-state index contributed by atoms with van der Waals surface area (Å²) < 4.78 is 16.5. The molecule has 2 aliphatic carbocycles. The van der Waals surface area contributed by atoms with Crippen molar-refractivity contribution in [3.63, 3.8) is 0 Å². The first-order chi connectivity index (χ1) is 13.9. The summed E-state index contributed by atoms with van der Waals surface area (Å²) in [6.07, 6.45) is 4.71. The van der Waals surface area contributed by atoms with Gasteiger partial charge in [-0.05, 0) is 53.7 Å². The Bertz CT molecular complexity index is 846. The fourth-order valence-electron chi connectivity index (χ4n) is 4.37. The molecule has 0 bridgehead atoms. The second-order valence-electron chi connectivity index (χ2n) is 7.48. The van der Waals surface area contributed by atoms with Crippen LogP contribution < -0.4 is 15.8 Å². The van der Waals surface area contributed by atoms with Crippen LogP contribution in [0, 0.1) is 0 Å². The lowest BCUT2D eigenvalue weighted by Crippen LogP contribution is -2.35. The van der Waals surface area contributed by atoms with Crippen LogP contribution in [-0.2, 0) is 27.3 Å². The number of aryl methyl sites for hydroxylation is 1. The van der Waals surface area contributed by atoms with E-state index >= 15 is 0 Å². The summed E-state index contributed by atoms with van der Waals surface area (Å²) in [6.45, 7) is 1.84. The van der Waals surface area contributed by atoms with E-state index in [0.29, 0.717) is 30.9 Å². The highest BCUT2D eigenvalue weighted by Crippen LogP contribution is 2.44. The molecule has 3 rings (SSSR count). The average molecular weight is 402 g/mol. The van der Waals surface area contributed by atoms with Crippen molar-refractivity contribution < 1.29 is 24.1 Å². The van der Waals surface area contributed by atoms with Gasteiger partial charge in [0.15, 0.2) is 0 Å². The number of nitrogens with one attached hydrogen (secondary N) is 1. The highest BCUT2D eigenvalue weighted by Gasteiger charge is 2.33. The van der Waals surface area contributed by atoms with E-state index < -0.39 is 6.10 Å². The van der Waals surface area contributed by atoms with Crippen LogP contribution in [0.15, 0.2) is 23.8 Å². The number of anilines is 1. The number of nitrogen functional groups attached to an aromatic ring is 1. The van der Waals surface area contributed by atoms with Gasteiger partial charge in [0.2, 0.25) is 5.91 Å². The molecular formula is C22H30N2O5. The SMILES string of the molecule is COCc1c(OC)c(N)cc2c1C1=CCC(OC)C(O)C=C1[C@@H](NC(C)=O)CC2. The number of carbonyl (C=O) groups excluding carboxylic acids is 1. The largest absolute Gasteiger partial charge is 0.494 e. The van der Waals surface area contributed by atoms with Crippen molar-refractivity contribution in [1.29, 1.82) is 0 Å². The zero-order chi connectivity index (χ0) is 21.1. The van der Waals surface area contributed by atoms with Crippen LogP contribution >= 0.6 is 0 Å². The third-order valence-corrected chi connectivity index (χ3v) is 5.61. The number of fused-ring (bicyclic) bond motifs is 3. The van der Waals surface area contributed by atoms with Gasteiger partial charge < -0.3 is 30.4 Å². The van der Waals surface area contributed by atoms with E-state index in [1.807, 2.05) is 12.1 Å². The number of aliphatic hydroxyl groups is 1. The van der Waals surface area contributed by atoms with E-state index in [4.69, 9.17) is 19.9 Å². The van der Waals surface area contributed by atoms with Crippen LogP contribution in [0.5, 0.6) is 5.75 Å². The number of benzene rings is 1. The summed E-state index contributed by atoms with van der Waals surface area (Å²) in [6, 6.07) is 1.72. The smallest absolute Gasteiger partial charge is 0.217 e. The van der Waals surface area contributed by atoms with Gasteiger partial charge in [0.05, 0.1) is 37.7 Å². The van der Waals surface area contributed by atoms with Gasteiger partial charge >= 0.3 is 0 Å². The van der Waals surface area contributed by atoms with Crippen LogP contribution in [0.1, 0.15) is 36.5 Å². The Morgan fingerprint density at radius 1 is 1.34 bits per heavy atom. The van der Waals surface area contributed by atoms with Gasteiger partial charge in [0.25, 0.3) is 0 Å². The Morgan fingerprint density at radius 3 is 2.72 bits per heavy atom. The molecule has 1 amide bonds. The van der Waals surface area contributed by atoms with Crippen LogP contribution in [0.2, 0.25) is 0 Å². The fourth-order valence-corrected chi connectivity index (χ4v) is 4.37. The van der Waals surface area contributed by atoms with Crippen molar-refractivity contribution in [2.45, 2.75) is 51.0 Å². The van der Waals surface area contributed by atoms with Gasteiger partial charge in [-0.25, -0.2) is 0 Å². The lowest BCUT2D eigenvalue weighted by molar-refractivity contribution is -0.119. The number of carbonyl (C=O) groups is 1. The fraction of sp³-hybridized carbons (Fsp3) is 0.500. The quantitative estimate of drug-likeness (QED) is 0.651. The van der Waals surface area contributed by atoms with Crippen molar-refractivity contribution >= 4 is 17.2 Å². The average Bonchev–Trinajstić information content (AvgIpc) is 2.91. The van der Waals surface area contributed by atoms with Crippen molar-refractivity contribution in [2.75, 3.05) is 27.1 Å². The van der Waals surface area contributed by atoms with E-state index in [1.54, 1.807) is 21.3 Å². The first kappa shape index (κ1) is 21.4. The molecule has 0 saturated carbocycles. The number of aliphatic hydroxyl groups excluding tert-OH is 1. The molecule has 158 valence electrons. The zero-order valence-electron chi connectivity index (χ0n) is 17.5. The van der Waals surface area contributed by atoms with Crippen LogP contribution in [0.25, 0.3) is 5.57 Å². The molecule has 2 unspecified atom stereocenters. The van der Waals surface area contributed by atoms with Crippen LogP contribution in [0.3, 0.4) is 0 Å². The van der Waals surface area contributed by atoms with Crippen molar-refractivity contribution in [1.82, 2.24) is 5.32 Å². The minimum absolute atomic E-state index is 0.113. The molecule has 29 heavy (non-hydrogen) atoms. The molecule has 0 saturated heterocycles. The molecule has 3 atom stereocenters. The molecule has 1 aromatic rings.